The monoisotopic (exact) mass is 216 g/mol. The molecule has 1 saturated heterocycles. The number of ether oxygens (including phenoxy) is 1. The first-order valence-corrected chi connectivity index (χ1v) is 5.32. The number of hydroxylamine groups is 2. The van der Waals surface area contributed by atoms with Gasteiger partial charge in [-0.05, 0) is 40.2 Å². The molecule has 1 aliphatic rings. The molecule has 1 fully saturated rings. The van der Waals surface area contributed by atoms with Crippen LogP contribution in [0.2, 0.25) is 0 Å². The summed E-state index contributed by atoms with van der Waals surface area (Å²) >= 11 is 0. The average Bonchev–Trinajstić information content (AvgIpc) is 2.15. The maximum atomic E-state index is 11.5. The summed E-state index contributed by atoms with van der Waals surface area (Å²) in [7, 11) is 0. The predicted molar refractivity (Wildman–Crippen MR) is 55.8 cm³/mol. The fourth-order valence-corrected chi connectivity index (χ4v) is 1.50. The molecular weight excluding hydrogens is 196 g/mol. The first kappa shape index (κ1) is 12.3. The van der Waals surface area contributed by atoms with E-state index in [0.29, 0.717) is 11.6 Å². The molecular formula is C10H20N2O3. The first-order chi connectivity index (χ1) is 6.90. The standard InChI is InChI=1S/C10H20N2O3/c1-10(2,3)15-9(13)12(14)8-5-4-6-11-7-8/h8,11,14H,4-7H2,1-3H3. The fraction of sp³-hybridized carbons (Fsp3) is 0.900. The number of nitrogens with zero attached hydrogens (tertiary/aromatic N) is 1. The second-order valence-corrected chi connectivity index (χ2v) is 4.83. The zero-order chi connectivity index (χ0) is 11.5. The Balaban J connectivity index is 2.44. The minimum absolute atomic E-state index is 0.173. The number of nitrogens with one attached hydrogen (secondary N) is 1. The van der Waals surface area contributed by atoms with E-state index in [2.05, 4.69) is 5.32 Å². The maximum Gasteiger partial charge on any atom is 0.434 e. The van der Waals surface area contributed by atoms with Gasteiger partial charge in [-0.15, -0.1) is 0 Å². The summed E-state index contributed by atoms with van der Waals surface area (Å²) in [6.07, 6.45) is 1.10. The molecule has 0 saturated carbocycles. The highest BCUT2D eigenvalue weighted by molar-refractivity contribution is 5.67. The molecule has 0 aromatic carbocycles. The van der Waals surface area contributed by atoms with Crippen molar-refractivity contribution in [1.29, 1.82) is 0 Å². The molecule has 0 spiro atoms. The normalized spacial score (nSPS) is 22.3. The van der Waals surface area contributed by atoms with E-state index in [0.717, 1.165) is 19.4 Å². The van der Waals surface area contributed by atoms with Crippen molar-refractivity contribution in [3.05, 3.63) is 0 Å². The van der Waals surface area contributed by atoms with Crippen molar-refractivity contribution in [2.24, 2.45) is 0 Å². The summed E-state index contributed by atoms with van der Waals surface area (Å²) in [5.41, 5.74) is -0.569. The van der Waals surface area contributed by atoms with Crippen molar-refractivity contribution in [2.45, 2.75) is 45.3 Å². The number of hydrogen-bond donors (Lipinski definition) is 2. The van der Waals surface area contributed by atoms with Crippen molar-refractivity contribution >= 4 is 6.09 Å². The highest BCUT2D eigenvalue weighted by Crippen LogP contribution is 2.13. The largest absolute Gasteiger partial charge is 0.442 e. The van der Waals surface area contributed by atoms with E-state index >= 15 is 0 Å². The van der Waals surface area contributed by atoms with E-state index < -0.39 is 11.7 Å². The third-order valence-electron chi connectivity index (χ3n) is 2.20. The molecule has 88 valence electrons. The number of hydrogen-bond acceptors (Lipinski definition) is 4. The van der Waals surface area contributed by atoms with Crippen LogP contribution in [0.4, 0.5) is 4.79 Å². The Morgan fingerprint density at radius 3 is 2.67 bits per heavy atom. The van der Waals surface area contributed by atoms with Crippen molar-refractivity contribution in [1.82, 2.24) is 10.4 Å². The predicted octanol–water partition coefficient (Wildman–Crippen LogP) is 1.36. The summed E-state index contributed by atoms with van der Waals surface area (Å²) in [5, 5.41) is 13.5. The van der Waals surface area contributed by atoms with Crippen LogP contribution in [0.15, 0.2) is 0 Å². The van der Waals surface area contributed by atoms with Gasteiger partial charge in [0.2, 0.25) is 0 Å². The van der Waals surface area contributed by atoms with Crippen molar-refractivity contribution in [2.75, 3.05) is 13.1 Å². The summed E-state index contributed by atoms with van der Waals surface area (Å²) in [6, 6.07) is -0.173. The van der Waals surface area contributed by atoms with Crippen LogP contribution >= 0.6 is 0 Å². The van der Waals surface area contributed by atoms with Crippen LogP contribution < -0.4 is 5.32 Å². The number of carbonyl (C=O) groups excluding carboxylic acids is 1. The van der Waals surface area contributed by atoms with Gasteiger partial charge in [0.05, 0.1) is 6.04 Å². The van der Waals surface area contributed by atoms with Gasteiger partial charge in [0, 0.05) is 6.54 Å². The minimum Gasteiger partial charge on any atom is -0.442 e. The van der Waals surface area contributed by atoms with Crippen LogP contribution in [0.5, 0.6) is 0 Å². The van der Waals surface area contributed by atoms with Gasteiger partial charge in [-0.1, -0.05) is 0 Å². The number of piperidine rings is 1. The SMILES string of the molecule is CC(C)(C)OC(=O)N(O)C1CCCNC1. The summed E-state index contributed by atoms with van der Waals surface area (Å²) < 4.78 is 5.06. The van der Waals surface area contributed by atoms with Gasteiger partial charge in [-0.25, -0.2) is 4.79 Å². The maximum absolute atomic E-state index is 11.5. The molecule has 5 nitrogen and oxygen atoms in total. The van der Waals surface area contributed by atoms with Crippen LogP contribution in [-0.2, 0) is 4.74 Å². The van der Waals surface area contributed by atoms with E-state index in [1.54, 1.807) is 20.8 Å². The van der Waals surface area contributed by atoms with Crippen LogP contribution in [0.1, 0.15) is 33.6 Å². The zero-order valence-electron chi connectivity index (χ0n) is 9.62. The molecule has 1 heterocycles. The van der Waals surface area contributed by atoms with Gasteiger partial charge >= 0.3 is 6.09 Å². The lowest BCUT2D eigenvalue weighted by molar-refractivity contribution is -0.123. The topological polar surface area (TPSA) is 61.8 Å². The second kappa shape index (κ2) is 4.81. The Kier molecular flexibility index (Phi) is 3.93. The molecule has 0 radical (unpaired) electrons. The molecule has 1 unspecified atom stereocenters. The van der Waals surface area contributed by atoms with E-state index in [1.807, 2.05) is 0 Å². The highest BCUT2D eigenvalue weighted by Gasteiger charge is 2.28. The number of carbonyl (C=O) groups is 1. The van der Waals surface area contributed by atoms with Crippen molar-refractivity contribution < 1.29 is 14.7 Å². The summed E-state index contributed by atoms with van der Waals surface area (Å²) in [5.74, 6) is 0. The van der Waals surface area contributed by atoms with Gasteiger partial charge in [-0.3, -0.25) is 5.21 Å². The van der Waals surface area contributed by atoms with Crippen LogP contribution in [0.3, 0.4) is 0 Å². The molecule has 0 aromatic rings. The molecule has 2 N–H and O–H groups in total. The van der Waals surface area contributed by atoms with Crippen LogP contribution in [0, 0.1) is 0 Å². The van der Waals surface area contributed by atoms with Crippen molar-refractivity contribution in [3.8, 4) is 0 Å². The Hall–Kier alpha value is -0.810. The number of amides is 1. The number of rotatable bonds is 1. The molecule has 0 aliphatic carbocycles. The third kappa shape index (κ3) is 4.05. The smallest absolute Gasteiger partial charge is 0.434 e. The third-order valence-corrected chi connectivity index (χ3v) is 2.20. The molecule has 1 aliphatic heterocycles. The molecule has 15 heavy (non-hydrogen) atoms. The zero-order valence-corrected chi connectivity index (χ0v) is 9.62. The molecule has 0 bridgehead atoms. The lowest BCUT2D eigenvalue weighted by atomic mass is 10.1. The average molecular weight is 216 g/mol. The highest BCUT2D eigenvalue weighted by atomic mass is 16.6. The Labute approximate surface area is 90.4 Å². The van der Waals surface area contributed by atoms with Crippen molar-refractivity contribution in [3.63, 3.8) is 0 Å². The Morgan fingerprint density at radius 1 is 1.53 bits per heavy atom. The fourth-order valence-electron chi connectivity index (χ4n) is 1.50. The lowest BCUT2D eigenvalue weighted by Gasteiger charge is -2.31. The van der Waals surface area contributed by atoms with Gasteiger partial charge in [-0.2, -0.15) is 5.06 Å². The molecule has 5 heteroatoms. The summed E-state index contributed by atoms with van der Waals surface area (Å²) in [4.78, 5) is 11.5. The first-order valence-electron chi connectivity index (χ1n) is 5.32. The quantitative estimate of drug-likeness (QED) is 0.513. The van der Waals surface area contributed by atoms with E-state index in [-0.39, 0.29) is 6.04 Å². The summed E-state index contributed by atoms with van der Waals surface area (Å²) in [6.45, 7) is 6.89. The molecule has 0 aromatic heterocycles. The van der Waals surface area contributed by atoms with E-state index in [9.17, 15) is 10.0 Å². The van der Waals surface area contributed by atoms with Crippen LogP contribution in [0.25, 0.3) is 0 Å². The second-order valence-electron chi connectivity index (χ2n) is 4.83. The van der Waals surface area contributed by atoms with Gasteiger partial charge < -0.3 is 10.1 Å². The molecule has 1 amide bonds. The van der Waals surface area contributed by atoms with E-state index in [1.165, 1.54) is 0 Å². The Bertz CT molecular complexity index is 219. The lowest BCUT2D eigenvalue weighted by Crippen LogP contribution is -2.48. The Morgan fingerprint density at radius 2 is 2.20 bits per heavy atom. The van der Waals surface area contributed by atoms with Gasteiger partial charge in [0.15, 0.2) is 0 Å². The molecule has 1 rings (SSSR count). The van der Waals surface area contributed by atoms with Gasteiger partial charge in [0.1, 0.15) is 5.60 Å². The van der Waals surface area contributed by atoms with Crippen LogP contribution in [-0.4, -0.2) is 41.1 Å². The van der Waals surface area contributed by atoms with Gasteiger partial charge in [0.25, 0.3) is 0 Å². The van der Waals surface area contributed by atoms with E-state index in [4.69, 9.17) is 4.74 Å². The molecule has 1 atom stereocenters. The minimum atomic E-state index is -0.670.